The van der Waals surface area contributed by atoms with Crippen LogP contribution in [-0.4, -0.2) is 23.0 Å². The Morgan fingerprint density at radius 3 is 2.23 bits per heavy atom. The zero-order valence-corrected chi connectivity index (χ0v) is 13.6. The van der Waals surface area contributed by atoms with Gasteiger partial charge >= 0.3 is 5.97 Å². The highest BCUT2D eigenvalue weighted by Crippen LogP contribution is 2.10. The van der Waals surface area contributed by atoms with Crippen LogP contribution >= 0.6 is 22.6 Å². The zero-order chi connectivity index (χ0) is 16.1. The Morgan fingerprint density at radius 2 is 1.68 bits per heavy atom. The standard InChI is InChI=1S/C16H13FINO3/c17-12-5-3-11(4-6-12)15(20)19-14(16(21)22)9-10-1-7-13(18)8-2-10/h1-8,14H,9H2,(H,19,20)(H,21,22)/t14-/m0/s1. The summed E-state index contributed by atoms with van der Waals surface area (Å²) < 4.78 is 13.9. The number of hydrogen-bond acceptors (Lipinski definition) is 2. The van der Waals surface area contributed by atoms with Crippen molar-refractivity contribution in [1.82, 2.24) is 5.32 Å². The molecule has 0 saturated carbocycles. The van der Waals surface area contributed by atoms with Gasteiger partial charge in [0.2, 0.25) is 0 Å². The lowest BCUT2D eigenvalue weighted by Crippen LogP contribution is -2.42. The fourth-order valence-electron chi connectivity index (χ4n) is 1.90. The van der Waals surface area contributed by atoms with E-state index in [-0.39, 0.29) is 12.0 Å². The van der Waals surface area contributed by atoms with Crippen LogP contribution in [0.3, 0.4) is 0 Å². The first kappa shape index (κ1) is 16.4. The van der Waals surface area contributed by atoms with Crippen LogP contribution in [0.15, 0.2) is 48.5 Å². The van der Waals surface area contributed by atoms with E-state index in [1.165, 1.54) is 12.1 Å². The molecule has 0 fully saturated rings. The van der Waals surface area contributed by atoms with Crippen molar-refractivity contribution in [3.8, 4) is 0 Å². The average molecular weight is 413 g/mol. The van der Waals surface area contributed by atoms with Gasteiger partial charge in [-0.25, -0.2) is 9.18 Å². The number of aliphatic carboxylic acids is 1. The number of benzene rings is 2. The normalized spacial score (nSPS) is 11.7. The van der Waals surface area contributed by atoms with Crippen LogP contribution < -0.4 is 5.32 Å². The summed E-state index contributed by atoms with van der Waals surface area (Å²) in [6.07, 6.45) is 0.180. The van der Waals surface area contributed by atoms with E-state index >= 15 is 0 Å². The molecule has 114 valence electrons. The number of carbonyl (C=O) groups excluding carboxylic acids is 1. The molecule has 0 spiro atoms. The van der Waals surface area contributed by atoms with Gasteiger partial charge in [0.15, 0.2) is 0 Å². The Morgan fingerprint density at radius 1 is 1.09 bits per heavy atom. The van der Waals surface area contributed by atoms with Crippen LogP contribution in [0.4, 0.5) is 4.39 Å². The Labute approximate surface area is 140 Å². The second-order valence-electron chi connectivity index (χ2n) is 4.70. The van der Waals surface area contributed by atoms with Crippen LogP contribution in [0.25, 0.3) is 0 Å². The van der Waals surface area contributed by atoms with Crippen LogP contribution in [0, 0.1) is 9.39 Å². The summed E-state index contributed by atoms with van der Waals surface area (Å²) in [6, 6.07) is 11.3. The van der Waals surface area contributed by atoms with Crippen molar-refractivity contribution in [3.63, 3.8) is 0 Å². The third-order valence-electron chi connectivity index (χ3n) is 3.06. The minimum atomic E-state index is -1.12. The fourth-order valence-corrected chi connectivity index (χ4v) is 2.26. The molecule has 2 aromatic carbocycles. The summed E-state index contributed by atoms with van der Waals surface area (Å²) in [4.78, 5) is 23.3. The van der Waals surface area contributed by atoms with Crippen molar-refractivity contribution in [2.24, 2.45) is 0 Å². The molecule has 0 radical (unpaired) electrons. The summed E-state index contributed by atoms with van der Waals surface area (Å²) in [5.74, 6) is -2.11. The highest BCUT2D eigenvalue weighted by molar-refractivity contribution is 14.1. The molecule has 0 saturated heterocycles. The summed E-state index contributed by atoms with van der Waals surface area (Å²) in [5.41, 5.74) is 1.03. The third kappa shape index (κ3) is 4.52. The lowest BCUT2D eigenvalue weighted by atomic mass is 10.1. The van der Waals surface area contributed by atoms with E-state index in [0.717, 1.165) is 21.3 Å². The molecule has 22 heavy (non-hydrogen) atoms. The van der Waals surface area contributed by atoms with Gasteiger partial charge in [0.05, 0.1) is 0 Å². The number of hydrogen-bond donors (Lipinski definition) is 2. The van der Waals surface area contributed by atoms with Gasteiger partial charge in [0.25, 0.3) is 5.91 Å². The third-order valence-corrected chi connectivity index (χ3v) is 3.78. The largest absolute Gasteiger partial charge is 0.480 e. The van der Waals surface area contributed by atoms with Gasteiger partial charge in [0, 0.05) is 15.6 Å². The number of rotatable bonds is 5. The molecule has 1 atom stereocenters. The predicted molar refractivity (Wildman–Crippen MR) is 88.2 cm³/mol. The predicted octanol–water partition coefficient (Wildman–Crippen LogP) is 2.86. The molecule has 2 aromatic rings. The minimum Gasteiger partial charge on any atom is -0.480 e. The first-order valence-electron chi connectivity index (χ1n) is 6.49. The Bertz CT molecular complexity index is 671. The van der Waals surface area contributed by atoms with Crippen molar-refractivity contribution < 1.29 is 19.1 Å². The van der Waals surface area contributed by atoms with E-state index in [0.29, 0.717) is 0 Å². The Balaban J connectivity index is 2.08. The first-order chi connectivity index (χ1) is 10.5. The summed E-state index contributed by atoms with van der Waals surface area (Å²) in [5, 5.41) is 11.7. The molecule has 4 nitrogen and oxygen atoms in total. The summed E-state index contributed by atoms with van der Waals surface area (Å²) >= 11 is 2.16. The van der Waals surface area contributed by atoms with E-state index in [1.807, 2.05) is 24.3 Å². The number of halogens is 2. The van der Waals surface area contributed by atoms with Crippen molar-refractivity contribution >= 4 is 34.5 Å². The van der Waals surface area contributed by atoms with Crippen molar-refractivity contribution in [2.45, 2.75) is 12.5 Å². The second-order valence-corrected chi connectivity index (χ2v) is 5.95. The average Bonchev–Trinajstić information content (AvgIpc) is 2.49. The molecule has 0 aromatic heterocycles. The molecule has 2 rings (SSSR count). The molecule has 0 unspecified atom stereocenters. The lowest BCUT2D eigenvalue weighted by molar-refractivity contribution is -0.139. The molecule has 0 aliphatic heterocycles. The quantitative estimate of drug-likeness (QED) is 0.742. The van der Waals surface area contributed by atoms with E-state index in [9.17, 15) is 19.1 Å². The molecule has 0 aliphatic carbocycles. The maximum atomic E-state index is 12.8. The topological polar surface area (TPSA) is 66.4 Å². The summed E-state index contributed by atoms with van der Waals surface area (Å²) in [6.45, 7) is 0. The van der Waals surface area contributed by atoms with Crippen LogP contribution in [0.2, 0.25) is 0 Å². The minimum absolute atomic E-state index is 0.180. The van der Waals surface area contributed by atoms with E-state index < -0.39 is 23.7 Å². The van der Waals surface area contributed by atoms with Crippen molar-refractivity contribution in [2.75, 3.05) is 0 Å². The van der Waals surface area contributed by atoms with Crippen molar-refractivity contribution in [3.05, 3.63) is 69.0 Å². The highest BCUT2D eigenvalue weighted by Gasteiger charge is 2.21. The molecule has 0 bridgehead atoms. The van der Waals surface area contributed by atoms with Gasteiger partial charge in [-0.3, -0.25) is 4.79 Å². The maximum absolute atomic E-state index is 12.8. The lowest BCUT2D eigenvalue weighted by Gasteiger charge is -2.15. The molecule has 6 heteroatoms. The van der Waals surface area contributed by atoms with Crippen LogP contribution in [-0.2, 0) is 11.2 Å². The molecular formula is C16H13FINO3. The van der Waals surface area contributed by atoms with Crippen LogP contribution in [0.5, 0.6) is 0 Å². The smallest absolute Gasteiger partial charge is 0.326 e. The van der Waals surface area contributed by atoms with Gasteiger partial charge in [-0.15, -0.1) is 0 Å². The number of carboxylic acids is 1. The van der Waals surface area contributed by atoms with Gasteiger partial charge in [-0.2, -0.15) is 0 Å². The Hall–Kier alpha value is -1.96. The summed E-state index contributed by atoms with van der Waals surface area (Å²) in [7, 11) is 0. The highest BCUT2D eigenvalue weighted by atomic mass is 127. The number of amides is 1. The molecule has 0 aliphatic rings. The first-order valence-corrected chi connectivity index (χ1v) is 7.57. The number of carboxylic acid groups (broad SMARTS) is 1. The molecule has 1 amide bonds. The SMILES string of the molecule is O=C(N[C@@H](Cc1ccc(I)cc1)C(=O)O)c1ccc(F)cc1. The number of nitrogens with one attached hydrogen (secondary N) is 1. The van der Waals surface area contributed by atoms with Crippen LogP contribution in [0.1, 0.15) is 15.9 Å². The molecular weight excluding hydrogens is 400 g/mol. The van der Waals surface area contributed by atoms with Gasteiger partial charge in [0.1, 0.15) is 11.9 Å². The van der Waals surface area contributed by atoms with E-state index in [4.69, 9.17) is 0 Å². The maximum Gasteiger partial charge on any atom is 0.326 e. The molecule has 2 N–H and O–H groups in total. The van der Waals surface area contributed by atoms with Gasteiger partial charge in [-0.05, 0) is 64.6 Å². The number of carbonyl (C=O) groups is 2. The fraction of sp³-hybridized carbons (Fsp3) is 0.125. The van der Waals surface area contributed by atoms with E-state index in [2.05, 4.69) is 27.9 Å². The van der Waals surface area contributed by atoms with Gasteiger partial charge in [-0.1, -0.05) is 12.1 Å². The second kappa shape index (κ2) is 7.35. The monoisotopic (exact) mass is 413 g/mol. The van der Waals surface area contributed by atoms with Crippen molar-refractivity contribution in [1.29, 1.82) is 0 Å². The van der Waals surface area contributed by atoms with E-state index in [1.54, 1.807) is 0 Å². The van der Waals surface area contributed by atoms with Gasteiger partial charge < -0.3 is 10.4 Å². The molecule has 0 heterocycles. The zero-order valence-electron chi connectivity index (χ0n) is 11.4. The Kier molecular flexibility index (Phi) is 5.48.